The summed E-state index contributed by atoms with van der Waals surface area (Å²) < 4.78 is 15.9. The molecule has 0 atom stereocenters. The van der Waals surface area contributed by atoms with E-state index in [-0.39, 0.29) is 0 Å². The number of aromatic nitrogens is 1. The van der Waals surface area contributed by atoms with E-state index >= 15 is 0 Å². The predicted molar refractivity (Wildman–Crippen MR) is 68.9 cm³/mol. The topological polar surface area (TPSA) is 70.5 Å². The summed E-state index contributed by atoms with van der Waals surface area (Å²) in [5, 5.41) is 3.69. The molecule has 1 aromatic heterocycles. The number of aryl methyl sites for hydroxylation is 1. The normalized spacial score (nSPS) is 10.4. The van der Waals surface area contributed by atoms with Crippen LogP contribution in [-0.4, -0.2) is 19.4 Å². The van der Waals surface area contributed by atoms with Crippen LogP contribution in [0.1, 0.15) is 11.1 Å². The van der Waals surface area contributed by atoms with Crippen molar-refractivity contribution in [1.29, 1.82) is 0 Å². The van der Waals surface area contributed by atoms with Crippen LogP contribution in [0.2, 0.25) is 0 Å². The van der Waals surface area contributed by atoms with E-state index in [0.29, 0.717) is 17.3 Å². The second-order valence-corrected chi connectivity index (χ2v) is 4.05. The molecule has 0 aliphatic heterocycles. The maximum Gasteiger partial charge on any atom is 0.169 e. The summed E-state index contributed by atoms with van der Waals surface area (Å²) in [5.74, 6) is 2.40. The van der Waals surface area contributed by atoms with E-state index in [0.717, 1.165) is 22.4 Å². The third kappa shape index (κ3) is 1.88. The van der Waals surface area contributed by atoms with Gasteiger partial charge >= 0.3 is 0 Å². The van der Waals surface area contributed by atoms with E-state index < -0.39 is 0 Å². The van der Waals surface area contributed by atoms with Gasteiger partial charge < -0.3 is 19.7 Å². The molecular weight excluding hydrogens is 232 g/mol. The lowest BCUT2D eigenvalue weighted by Crippen LogP contribution is -1.97. The van der Waals surface area contributed by atoms with Gasteiger partial charge in [0.25, 0.3) is 0 Å². The van der Waals surface area contributed by atoms with Crippen molar-refractivity contribution in [3.05, 3.63) is 23.3 Å². The van der Waals surface area contributed by atoms with Crippen molar-refractivity contribution in [3.8, 4) is 22.8 Å². The second kappa shape index (κ2) is 4.60. The molecule has 0 bridgehead atoms. The minimum absolute atomic E-state index is 0.358. The summed E-state index contributed by atoms with van der Waals surface area (Å²) in [6, 6.07) is 3.66. The Morgan fingerprint density at radius 1 is 1.11 bits per heavy atom. The number of nitrogens with zero attached hydrogens (tertiary/aromatic N) is 1. The van der Waals surface area contributed by atoms with Gasteiger partial charge in [0.15, 0.2) is 23.1 Å². The number of hydrogen-bond acceptors (Lipinski definition) is 5. The largest absolute Gasteiger partial charge is 0.493 e. The van der Waals surface area contributed by atoms with Gasteiger partial charge in [0.2, 0.25) is 0 Å². The van der Waals surface area contributed by atoms with Crippen LogP contribution in [0.5, 0.6) is 11.5 Å². The Morgan fingerprint density at radius 2 is 1.78 bits per heavy atom. The number of nitrogens with two attached hydrogens (primary N) is 1. The van der Waals surface area contributed by atoms with E-state index in [1.165, 1.54) is 0 Å². The minimum atomic E-state index is 0.358. The third-order valence-electron chi connectivity index (χ3n) is 2.87. The van der Waals surface area contributed by atoms with Crippen LogP contribution in [-0.2, 0) is 0 Å². The Kier molecular flexibility index (Phi) is 3.14. The standard InChI is InChI=1S/C13H16N2O3/c1-7-5-9(10-6-11(14)15-18-10)8(2)13(17-4)12(7)16-3/h5-6H,1-4H3,(H2,14,15). The molecule has 2 N–H and O–H groups in total. The Bertz CT molecular complexity index is 576. The van der Waals surface area contributed by atoms with Crippen molar-refractivity contribution < 1.29 is 14.0 Å². The van der Waals surface area contributed by atoms with Gasteiger partial charge in [0.05, 0.1) is 14.2 Å². The number of ether oxygens (including phenoxy) is 2. The van der Waals surface area contributed by atoms with E-state index in [1.54, 1.807) is 20.3 Å². The minimum Gasteiger partial charge on any atom is -0.493 e. The van der Waals surface area contributed by atoms with Crippen molar-refractivity contribution in [2.45, 2.75) is 13.8 Å². The maximum absolute atomic E-state index is 5.57. The van der Waals surface area contributed by atoms with Crippen molar-refractivity contribution in [1.82, 2.24) is 5.16 Å². The number of anilines is 1. The first-order valence-corrected chi connectivity index (χ1v) is 5.53. The Morgan fingerprint density at radius 3 is 2.28 bits per heavy atom. The fourth-order valence-corrected chi connectivity index (χ4v) is 2.03. The van der Waals surface area contributed by atoms with Crippen LogP contribution >= 0.6 is 0 Å². The molecule has 2 rings (SSSR count). The molecule has 0 amide bonds. The molecular formula is C13H16N2O3. The predicted octanol–water partition coefficient (Wildman–Crippen LogP) is 2.56. The molecule has 0 saturated heterocycles. The van der Waals surface area contributed by atoms with Gasteiger partial charge in [0.1, 0.15) is 0 Å². The first-order valence-electron chi connectivity index (χ1n) is 5.53. The van der Waals surface area contributed by atoms with E-state index in [9.17, 15) is 0 Å². The highest BCUT2D eigenvalue weighted by Crippen LogP contribution is 2.40. The molecule has 0 radical (unpaired) electrons. The smallest absolute Gasteiger partial charge is 0.169 e. The summed E-state index contributed by atoms with van der Waals surface area (Å²) in [6.07, 6.45) is 0. The monoisotopic (exact) mass is 248 g/mol. The quantitative estimate of drug-likeness (QED) is 0.903. The Labute approximate surface area is 105 Å². The average molecular weight is 248 g/mol. The van der Waals surface area contributed by atoms with Crippen LogP contribution in [0.15, 0.2) is 16.7 Å². The SMILES string of the molecule is COc1c(C)cc(-c2cc(N)no2)c(C)c1OC. The summed E-state index contributed by atoms with van der Waals surface area (Å²) in [5.41, 5.74) is 8.36. The maximum atomic E-state index is 5.57. The van der Waals surface area contributed by atoms with Crippen LogP contribution in [0.3, 0.4) is 0 Å². The van der Waals surface area contributed by atoms with E-state index in [1.807, 2.05) is 19.9 Å². The molecule has 5 nitrogen and oxygen atoms in total. The van der Waals surface area contributed by atoms with Gasteiger partial charge in [-0.25, -0.2) is 0 Å². The van der Waals surface area contributed by atoms with Crippen molar-refractivity contribution in [2.75, 3.05) is 20.0 Å². The fourth-order valence-electron chi connectivity index (χ4n) is 2.03. The summed E-state index contributed by atoms with van der Waals surface area (Å²) in [4.78, 5) is 0. The fraction of sp³-hybridized carbons (Fsp3) is 0.308. The van der Waals surface area contributed by atoms with Crippen molar-refractivity contribution in [3.63, 3.8) is 0 Å². The van der Waals surface area contributed by atoms with Crippen molar-refractivity contribution in [2.24, 2.45) is 0 Å². The zero-order valence-corrected chi connectivity index (χ0v) is 10.9. The average Bonchev–Trinajstić information content (AvgIpc) is 2.77. The van der Waals surface area contributed by atoms with Crippen molar-refractivity contribution >= 4 is 5.82 Å². The number of methoxy groups -OCH3 is 2. The molecule has 5 heteroatoms. The summed E-state index contributed by atoms with van der Waals surface area (Å²) in [6.45, 7) is 3.89. The third-order valence-corrected chi connectivity index (χ3v) is 2.87. The van der Waals surface area contributed by atoms with Gasteiger partial charge in [-0.05, 0) is 25.5 Å². The van der Waals surface area contributed by atoms with Crippen LogP contribution in [0, 0.1) is 13.8 Å². The lowest BCUT2D eigenvalue weighted by Gasteiger charge is -2.15. The van der Waals surface area contributed by atoms with Gasteiger partial charge in [-0.2, -0.15) is 0 Å². The highest BCUT2D eigenvalue weighted by atomic mass is 16.5. The molecule has 0 fully saturated rings. The first-order chi connectivity index (χ1) is 8.58. The molecule has 0 unspecified atom stereocenters. The number of rotatable bonds is 3. The zero-order valence-electron chi connectivity index (χ0n) is 10.9. The number of hydrogen-bond donors (Lipinski definition) is 1. The molecule has 1 aromatic carbocycles. The first kappa shape index (κ1) is 12.3. The lowest BCUT2D eigenvalue weighted by molar-refractivity contribution is 0.350. The van der Waals surface area contributed by atoms with E-state index in [2.05, 4.69) is 5.16 Å². The number of nitrogen functional groups attached to an aromatic ring is 1. The molecule has 0 spiro atoms. The molecule has 0 aliphatic carbocycles. The summed E-state index contributed by atoms with van der Waals surface area (Å²) in [7, 11) is 3.24. The Balaban J connectivity index is 2.66. The van der Waals surface area contributed by atoms with E-state index in [4.69, 9.17) is 19.7 Å². The molecule has 1 heterocycles. The van der Waals surface area contributed by atoms with Crippen LogP contribution in [0.25, 0.3) is 11.3 Å². The Hall–Kier alpha value is -2.17. The van der Waals surface area contributed by atoms with Gasteiger partial charge in [0, 0.05) is 17.2 Å². The second-order valence-electron chi connectivity index (χ2n) is 4.05. The highest BCUT2D eigenvalue weighted by Gasteiger charge is 2.18. The molecule has 2 aromatic rings. The molecule has 0 aliphatic rings. The number of benzene rings is 1. The molecule has 0 saturated carbocycles. The zero-order chi connectivity index (χ0) is 13.3. The van der Waals surface area contributed by atoms with Gasteiger partial charge in [-0.15, -0.1) is 0 Å². The molecule has 96 valence electrons. The van der Waals surface area contributed by atoms with Gasteiger partial charge in [-0.1, -0.05) is 5.16 Å². The summed E-state index contributed by atoms with van der Waals surface area (Å²) >= 11 is 0. The van der Waals surface area contributed by atoms with Gasteiger partial charge in [-0.3, -0.25) is 0 Å². The molecule has 18 heavy (non-hydrogen) atoms. The lowest BCUT2D eigenvalue weighted by atomic mass is 10.0. The van der Waals surface area contributed by atoms with Crippen LogP contribution < -0.4 is 15.2 Å². The highest BCUT2D eigenvalue weighted by molar-refractivity contribution is 5.71. The van der Waals surface area contributed by atoms with Crippen LogP contribution in [0.4, 0.5) is 5.82 Å².